The van der Waals surface area contributed by atoms with Crippen LogP contribution in [-0.4, -0.2) is 55.8 Å². The van der Waals surface area contributed by atoms with E-state index in [4.69, 9.17) is 14.2 Å². The van der Waals surface area contributed by atoms with Crippen LogP contribution in [0, 0.1) is 0 Å². The van der Waals surface area contributed by atoms with Gasteiger partial charge in [0.15, 0.2) is 11.5 Å². The van der Waals surface area contributed by atoms with E-state index in [0.29, 0.717) is 6.54 Å². The molecule has 1 aromatic rings. The fourth-order valence-electron chi connectivity index (χ4n) is 4.12. The smallest absolute Gasteiger partial charge is 0.231 e. The maximum Gasteiger partial charge on any atom is 0.231 e. The van der Waals surface area contributed by atoms with Gasteiger partial charge in [-0.3, -0.25) is 4.90 Å². The molecule has 1 N–H and O–H groups in total. The second-order valence-corrected chi connectivity index (χ2v) is 6.34. The van der Waals surface area contributed by atoms with Gasteiger partial charge in [0, 0.05) is 19.7 Å². The van der Waals surface area contributed by atoms with Crippen LogP contribution in [0.1, 0.15) is 12.0 Å². The summed E-state index contributed by atoms with van der Waals surface area (Å²) < 4.78 is 16.4. The van der Waals surface area contributed by atoms with E-state index in [9.17, 15) is 5.11 Å². The molecule has 2 heterocycles. The van der Waals surface area contributed by atoms with Crippen LogP contribution >= 0.6 is 0 Å². The number of β-amino-alcohol motifs (C(OH)–C–C–N with tert-alkyl or cyclic N) is 1. The first-order valence-corrected chi connectivity index (χ1v) is 7.65. The minimum atomic E-state index is -0.447. The summed E-state index contributed by atoms with van der Waals surface area (Å²) in [6.07, 6.45) is 4.72. The van der Waals surface area contributed by atoms with Crippen molar-refractivity contribution in [2.45, 2.75) is 30.1 Å². The molecule has 1 aromatic carbocycles. The normalized spacial score (nSPS) is 36.6. The molecule has 5 nitrogen and oxygen atoms in total. The summed E-state index contributed by atoms with van der Waals surface area (Å²) in [6, 6.07) is 6.19. The van der Waals surface area contributed by atoms with E-state index in [0.717, 1.165) is 23.5 Å². The van der Waals surface area contributed by atoms with Crippen molar-refractivity contribution in [1.82, 2.24) is 4.90 Å². The maximum atomic E-state index is 10.8. The molecule has 22 heavy (non-hydrogen) atoms. The van der Waals surface area contributed by atoms with Gasteiger partial charge >= 0.3 is 0 Å². The number of likely N-dealkylation sites (N-methyl/N-ethyl adjacent to an activating group) is 1. The number of fused-ring (bicyclic) bond motifs is 2. The van der Waals surface area contributed by atoms with E-state index in [-0.39, 0.29) is 18.9 Å². The third-order valence-electron chi connectivity index (χ3n) is 5.31. The molecule has 4 rings (SSSR count). The van der Waals surface area contributed by atoms with E-state index in [1.165, 1.54) is 0 Å². The molecule has 0 bridgehead atoms. The molecule has 3 aliphatic rings. The zero-order valence-corrected chi connectivity index (χ0v) is 12.9. The van der Waals surface area contributed by atoms with Gasteiger partial charge in [-0.2, -0.15) is 0 Å². The molecule has 0 saturated carbocycles. The van der Waals surface area contributed by atoms with Gasteiger partial charge in [-0.15, -0.1) is 0 Å². The second kappa shape index (κ2) is 4.98. The maximum absolute atomic E-state index is 10.8. The monoisotopic (exact) mass is 303 g/mol. The van der Waals surface area contributed by atoms with Crippen molar-refractivity contribution in [3.63, 3.8) is 0 Å². The minimum absolute atomic E-state index is 0.0971. The van der Waals surface area contributed by atoms with Crippen molar-refractivity contribution < 1.29 is 19.3 Å². The van der Waals surface area contributed by atoms with E-state index in [1.807, 2.05) is 18.2 Å². The number of nitrogens with zero attached hydrogens (tertiary/aromatic N) is 1. The number of aliphatic hydroxyl groups excluding tert-OH is 1. The van der Waals surface area contributed by atoms with Crippen molar-refractivity contribution in [2.24, 2.45) is 0 Å². The van der Waals surface area contributed by atoms with Crippen molar-refractivity contribution in [3.8, 4) is 11.5 Å². The molecular weight excluding hydrogens is 282 g/mol. The van der Waals surface area contributed by atoms with Crippen LogP contribution < -0.4 is 9.47 Å². The summed E-state index contributed by atoms with van der Waals surface area (Å²) in [4.78, 5) is 2.23. The van der Waals surface area contributed by atoms with Gasteiger partial charge in [0.1, 0.15) is 0 Å². The first-order chi connectivity index (χ1) is 10.6. The average Bonchev–Trinajstić information content (AvgIpc) is 3.10. The zero-order valence-electron chi connectivity index (χ0n) is 12.9. The van der Waals surface area contributed by atoms with Gasteiger partial charge in [-0.1, -0.05) is 18.2 Å². The summed E-state index contributed by atoms with van der Waals surface area (Å²) >= 11 is 0. The summed E-state index contributed by atoms with van der Waals surface area (Å²) in [5, 5.41) is 10.8. The molecular formula is C17H21NO4. The molecule has 0 radical (unpaired) electrons. The van der Waals surface area contributed by atoms with Crippen LogP contribution in [0.5, 0.6) is 11.5 Å². The van der Waals surface area contributed by atoms with Crippen molar-refractivity contribution in [2.75, 3.05) is 27.5 Å². The fraction of sp³-hybridized carbons (Fsp3) is 0.529. The Balaban J connectivity index is 1.82. The molecule has 2 aliphatic heterocycles. The topological polar surface area (TPSA) is 51.2 Å². The minimum Gasteiger partial charge on any atom is -0.454 e. The van der Waals surface area contributed by atoms with Gasteiger partial charge in [-0.25, -0.2) is 0 Å². The molecule has 1 fully saturated rings. The Morgan fingerprint density at radius 2 is 2.14 bits per heavy atom. The predicted molar refractivity (Wildman–Crippen MR) is 81.2 cm³/mol. The molecule has 0 spiro atoms. The van der Waals surface area contributed by atoms with Crippen LogP contribution in [0.3, 0.4) is 0 Å². The Morgan fingerprint density at radius 1 is 1.32 bits per heavy atom. The number of benzene rings is 1. The first-order valence-electron chi connectivity index (χ1n) is 7.65. The Bertz CT molecular complexity index is 617. The summed E-state index contributed by atoms with van der Waals surface area (Å²) in [7, 11) is 3.79. The quantitative estimate of drug-likeness (QED) is 0.835. The van der Waals surface area contributed by atoms with Crippen LogP contribution in [0.4, 0.5) is 0 Å². The average molecular weight is 303 g/mol. The fourth-order valence-corrected chi connectivity index (χ4v) is 4.12. The molecule has 0 unspecified atom stereocenters. The third kappa shape index (κ3) is 1.82. The van der Waals surface area contributed by atoms with Crippen LogP contribution in [0.25, 0.3) is 0 Å². The van der Waals surface area contributed by atoms with Gasteiger partial charge in [-0.05, 0) is 31.2 Å². The van der Waals surface area contributed by atoms with E-state index in [1.54, 1.807) is 7.11 Å². The highest BCUT2D eigenvalue weighted by atomic mass is 16.7. The largest absolute Gasteiger partial charge is 0.454 e. The molecule has 1 aliphatic carbocycles. The lowest BCUT2D eigenvalue weighted by Gasteiger charge is -2.41. The summed E-state index contributed by atoms with van der Waals surface area (Å²) in [5.41, 5.74) is 0.662. The highest BCUT2D eigenvalue weighted by molar-refractivity contribution is 5.50. The van der Waals surface area contributed by atoms with E-state index >= 15 is 0 Å². The van der Waals surface area contributed by atoms with Gasteiger partial charge in [0.25, 0.3) is 0 Å². The third-order valence-corrected chi connectivity index (χ3v) is 5.31. The molecule has 5 heteroatoms. The number of hydrogen-bond acceptors (Lipinski definition) is 5. The molecule has 0 aromatic heterocycles. The van der Waals surface area contributed by atoms with Crippen LogP contribution in [-0.2, 0) is 10.2 Å². The highest BCUT2D eigenvalue weighted by Gasteiger charge is 2.54. The lowest BCUT2D eigenvalue weighted by molar-refractivity contribution is 0.0778. The Labute approximate surface area is 130 Å². The number of hydrogen-bond donors (Lipinski definition) is 1. The lowest BCUT2D eigenvalue weighted by Crippen LogP contribution is -2.48. The van der Waals surface area contributed by atoms with Crippen LogP contribution in [0.15, 0.2) is 30.4 Å². The van der Waals surface area contributed by atoms with Crippen LogP contribution in [0.2, 0.25) is 0 Å². The SMILES string of the molecule is CO[C@@H]1C=C[C@]2(c3ccc4c(c3)OCO4)[C@H](C1)N(C)C[C@@H]2O. The Kier molecular flexibility index (Phi) is 3.18. The Morgan fingerprint density at radius 3 is 2.95 bits per heavy atom. The van der Waals surface area contributed by atoms with Gasteiger partial charge in [0.2, 0.25) is 6.79 Å². The lowest BCUT2D eigenvalue weighted by atomic mass is 9.68. The molecule has 0 amide bonds. The number of likely N-dealkylation sites (tertiary alicyclic amines) is 1. The molecule has 1 saturated heterocycles. The number of rotatable bonds is 2. The van der Waals surface area contributed by atoms with Gasteiger partial charge in [0.05, 0.1) is 17.6 Å². The molecule has 118 valence electrons. The standard InChI is InChI=1S/C17H21NO4/c1-18-9-16(19)17(6-5-12(20-2)8-15(17)18)11-3-4-13-14(7-11)22-10-21-13/h3-7,12,15-16,19H,8-10H2,1-2H3/t12-,15+,16+,17+/m1/s1. The highest BCUT2D eigenvalue weighted by Crippen LogP contribution is 2.48. The Hall–Kier alpha value is -1.56. The summed E-state index contributed by atoms with van der Waals surface area (Å²) in [6.45, 7) is 0.916. The summed E-state index contributed by atoms with van der Waals surface area (Å²) in [5.74, 6) is 1.53. The van der Waals surface area contributed by atoms with Crippen molar-refractivity contribution in [1.29, 1.82) is 0 Å². The number of aliphatic hydroxyl groups is 1. The van der Waals surface area contributed by atoms with Crippen molar-refractivity contribution in [3.05, 3.63) is 35.9 Å². The molecule has 4 atom stereocenters. The number of methoxy groups -OCH3 is 1. The zero-order chi connectivity index (χ0) is 15.3. The van der Waals surface area contributed by atoms with E-state index in [2.05, 4.69) is 24.1 Å². The van der Waals surface area contributed by atoms with Gasteiger partial charge < -0.3 is 19.3 Å². The number of ether oxygens (including phenoxy) is 3. The predicted octanol–water partition coefficient (Wildman–Crippen LogP) is 1.30. The van der Waals surface area contributed by atoms with E-state index < -0.39 is 11.5 Å². The first kappa shape index (κ1) is 14.1. The second-order valence-electron chi connectivity index (χ2n) is 6.34. The van der Waals surface area contributed by atoms with Crippen molar-refractivity contribution >= 4 is 0 Å².